The number of hydrogen-bond acceptors (Lipinski definition) is 5. The van der Waals surface area contributed by atoms with Crippen molar-refractivity contribution < 1.29 is 23.9 Å². The van der Waals surface area contributed by atoms with E-state index in [1.54, 1.807) is 48.5 Å². The van der Waals surface area contributed by atoms with Crippen LogP contribution in [0.1, 0.15) is 27.1 Å². The van der Waals surface area contributed by atoms with Crippen LogP contribution in [0.25, 0.3) is 0 Å². The Morgan fingerprint density at radius 2 is 1.66 bits per heavy atom. The molecule has 29 heavy (non-hydrogen) atoms. The summed E-state index contributed by atoms with van der Waals surface area (Å²) < 4.78 is 5.69. The fourth-order valence-corrected chi connectivity index (χ4v) is 3.55. The standard InChI is InChI=1S/C21H19N3O5/c1-22-19(26)17-12-24(15-8-4-5-9-16(15)29-17)18(25)10-11-23-20(27)13-6-2-3-7-14(13)21(23)28/h2-9,17H,10-12H2,1H3,(H,22,26). The van der Waals surface area contributed by atoms with E-state index in [0.717, 1.165) is 4.90 Å². The van der Waals surface area contributed by atoms with Crippen LogP contribution in [0.5, 0.6) is 5.75 Å². The van der Waals surface area contributed by atoms with Gasteiger partial charge in [-0.2, -0.15) is 0 Å². The molecule has 0 aromatic heterocycles. The van der Waals surface area contributed by atoms with E-state index in [-0.39, 0.29) is 31.3 Å². The average molecular weight is 393 g/mol. The Morgan fingerprint density at radius 3 is 2.31 bits per heavy atom. The highest BCUT2D eigenvalue weighted by atomic mass is 16.5. The predicted molar refractivity (Wildman–Crippen MR) is 104 cm³/mol. The van der Waals surface area contributed by atoms with E-state index < -0.39 is 17.9 Å². The van der Waals surface area contributed by atoms with Crippen molar-refractivity contribution in [3.05, 3.63) is 59.7 Å². The number of para-hydroxylation sites is 2. The minimum Gasteiger partial charge on any atom is -0.477 e. The molecule has 4 rings (SSSR count). The molecule has 2 aromatic carbocycles. The molecule has 2 heterocycles. The third-order valence-corrected chi connectivity index (χ3v) is 5.04. The first-order chi connectivity index (χ1) is 14.0. The number of ether oxygens (including phenoxy) is 1. The molecule has 148 valence electrons. The highest BCUT2D eigenvalue weighted by Gasteiger charge is 2.37. The van der Waals surface area contributed by atoms with Crippen LogP contribution in [-0.4, -0.2) is 54.8 Å². The van der Waals surface area contributed by atoms with Gasteiger partial charge in [0.25, 0.3) is 17.7 Å². The zero-order chi connectivity index (χ0) is 20.5. The number of anilines is 1. The summed E-state index contributed by atoms with van der Waals surface area (Å²) in [7, 11) is 1.50. The minimum absolute atomic E-state index is 0.0324. The van der Waals surface area contributed by atoms with Crippen LogP contribution < -0.4 is 15.0 Å². The molecule has 2 aliphatic rings. The van der Waals surface area contributed by atoms with Crippen molar-refractivity contribution in [3.63, 3.8) is 0 Å². The lowest BCUT2D eigenvalue weighted by Gasteiger charge is -2.34. The largest absolute Gasteiger partial charge is 0.477 e. The van der Waals surface area contributed by atoms with Gasteiger partial charge >= 0.3 is 0 Å². The number of nitrogens with one attached hydrogen (secondary N) is 1. The van der Waals surface area contributed by atoms with Gasteiger partial charge in [0, 0.05) is 20.0 Å². The molecule has 0 saturated carbocycles. The van der Waals surface area contributed by atoms with Gasteiger partial charge in [-0.3, -0.25) is 24.1 Å². The van der Waals surface area contributed by atoms with Gasteiger partial charge in [-0.15, -0.1) is 0 Å². The molecule has 2 aromatic rings. The predicted octanol–water partition coefficient (Wildman–Crippen LogP) is 1.21. The van der Waals surface area contributed by atoms with Gasteiger partial charge in [0.1, 0.15) is 5.75 Å². The van der Waals surface area contributed by atoms with E-state index in [1.807, 2.05) is 0 Å². The molecule has 0 fully saturated rings. The molecule has 2 aliphatic heterocycles. The minimum atomic E-state index is -0.835. The molecule has 0 spiro atoms. The van der Waals surface area contributed by atoms with Crippen molar-refractivity contribution in [2.24, 2.45) is 0 Å². The first-order valence-corrected chi connectivity index (χ1v) is 9.24. The summed E-state index contributed by atoms with van der Waals surface area (Å²) in [5.74, 6) is -1.00. The monoisotopic (exact) mass is 393 g/mol. The zero-order valence-corrected chi connectivity index (χ0v) is 15.8. The van der Waals surface area contributed by atoms with Crippen molar-refractivity contribution >= 4 is 29.3 Å². The lowest BCUT2D eigenvalue weighted by Crippen LogP contribution is -2.50. The fraction of sp³-hybridized carbons (Fsp3) is 0.238. The Bertz CT molecular complexity index is 984. The third kappa shape index (κ3) is 3.22. The molecule has 0 saturated heterocycles. The molecule has 0 aliphatic carbocycles. The smallest absolute Gasteiger partial charge is 0.262 e. The highest BCUT2D eigenvalue weighted by molar-refractivity contribution is 6.21. The topological polar surface area (TPSA) is 96.0 Å². The van der Waals surface area contributed by atoms with Gasteiger partial charge in [0.05, 0.1) is 23.4 Å². The Morgan fingerprint density at radius 1 is 1.03 bits per heavy atom. The maximum Gasteiger partial charge on any atom is 0.262 e. The van der Waals surface area contributed by atoms with Crippen molar-refractivity contribution in [1.29, 1.82) is 0 Å². The van der Waals surface area contributed by atoms with Gasteiger partial charge in [0.15, 0.2) is 6.10 Å². The number of nitrogens with zero attached hydrogens (tertiary/aromatic N) is 2. The van der Waals surface area contributed by atoms with Crippen LogP contribution in [0.4, 0.5) is 5.69 Å². The lowest BCUT2D eigenvalue weighted by atomic mass is 10.1. The average Bonchev–Trinajstić information content (AvgIpc) is 3.00. The third-order valence-electron chi connectivity index (χ3n) is 5.04. The molecule has 4 amide bonds. The van der Waals surface area contributed by atoms with Crippen LogP contribution in [0, 0.1) is 0 Å². The van der Waals surface area contributed by atoms with E-state index in [1.165, 1.54) is 11.9 Å². The van der Waals surface area contributed by atoms with Gasteiger partial charge in [-0.05, 0) is 24.3 Å². The molecule has 0 radical (unpaired) electrons. The van der Waals surface area contributed by atoms with E-state index in [2.05, 4.69) is 5.32 Å². The van der Waals surface area contributed by atoms with Gasteiger partial charge in [-0.1, -0.05) is 24.3 Å². The maximum absolute atomic E-state index is 12.9. The number of benzene rings is 2. The van der Waals surface area contributed by atoms with Gasteiger partial charge in [0.2, 0.25) is 5.91 Å². The highest BCUT2D eigenvalue weighted by Crippen LogP contribution is 2.33. The van der Waals surface area contributed by atoms with E-state index >= 15 is 0 Å². The van der Waals surface area contributed by atoms with Crippen molar-refractivity contribution in [2.75, 3.05) is 25.0 Å². The summed E-state index contributed by atoms with van der Waals surface area (Å²) in [6.45, 7) is 0.0208. The number of carbonyl (C=O) groups is 4. The van der Waals surface area contributed by atoms with Crippen LogP contribution in [-0.2, 0) is 9.59 Å². The van der Waals surface area contributed by atoms with Crippen LogP contribution in [0.3, 0.4) is 0 Å². The molecule has 1 N–H and O–H groups in total. The van der Waals surface area contributed by atoms with Crippen LogP contribution in [0.2, 0.25) is 0 Å². The Labute approximate surface area is 167 Å². The second-order valence-electron chi connectivity index (χ2n) is 6.75. The second-order valence-corrected chi connectivity index (χ2v) is 6.75. The molecular weight excluding hydrogens is 374 g/mol. The summed E-state index contributed by atoms with van der Waals surface area (Å²) in [4.78, 5) is 52.5. The molecule has 8 nitrogen and oxygen atoms in total. The van der Waals surface area contributed by atoms with Gasteiger partial charge < -0.3 is 15.0 Å². The number of rotatable bonds is 4. The Hall–Kier alpha value is -3.68. The molecule has 0 bridgehead atoms. The Kier molecular flexibility index (Phi) is 4.75. The molecular formula is C21H19N3O5. The maximum atomic E-state index is 12.9. The summed E-state index contributed by atoms with van der Waals surface area (Å²) in [6.07, 6.45) is -0.890. The van der Waals surface area contributed by atoms with E-state index in [0.29, 0.717) is 22.6 Å². The van der Waals surface area contributed by atoms with Crippen molar-refractivity contribution in [3.8, 4) is 5.75 Å². The first-order valence-electron chi connectivity index (χ1n) is 9.24. The summed E-state index contributed by atoms with van der Waals surface area (Å²) >= 11 is 0. The number of hydrogen-bond donors (Lipinski definition) is 1. The lowest BCUT2D eigenvalue weighted by molar-refractivity contribution is -0.127. The molecule has 1 atom stereocenters. The summed E-state index contributed by atoms with van der Waals surface area (Å²) in [6, 6.07) is 13.5. The summed E-state index contributed by atoms with van der Waals surface area (Å²) in [5.41, 5.74) is 1.25. The van der Waals surface area contributed by atoms with Crippen molar-refractivity contribution in [1.82, 2.24) is 10.2 Å². The summed E-state index contributed by atoms with van der Waals surface area (Å²) in [5, 5.41) is 2.52. The number of likely N-dealkylation sites (N-methyl/N-ethyl adjacent to an activating group) is 1. The number of imide groups is 1. The second kappa shape index (κ2) is 7.38. The molecule has 8 heteroatoms. The Balaban J connectivity index is 1.51. The van der Waals surface area contributed by atoms with E-state index in [4.69, 9.17) is 4.74 Å². The van der Waals surface area contributed by atoms with Gasteiger partial charge in [-0.25, -0.2) is 0 Å². The molecule has 1 unspecified atom stereocenters. The normalized spacial score (nSPS) is 17.5. The SMILES string of the molecule is CNC(=O)C1CN(C(=O)CCN2C(=O)c3ccccc3C2=O)c2ccccc2O1. The van der Waals surface area contributed by atoms with Crippen LogP contribution in [0.15, 0.2) is 48.5 Å². The van der Waals surface area contributed by atoms with E-state index in [9.17, 15) is 19.2 Å². The first kappa shape index (κ1) is 18.7. The number of amides is 4. The number of carbonyl (C=O) groups excluding carboxylic acids is 4. The number of fused-ring (bicyclic) bond motifs is 2. The van der Waals surface area contributed by atoms with Crippen molar-refractivity contribution in [2.45, 2.75) is 12.5 Å². The van der Waals surface area contributed by atoms with Crippen LogP contribution >= 0.6 is 0 Å². The quantitative estimate of drug-likeness (QED) is 0.788. The zero-order valence-electron chi connectivity index (χ0n) is 15.8. The fourth-order valence-electron chi connectivity index (χ4n) is 3.55.